The highest BCUT2D eigenvalue weighted by atomic mass is 16.5. The van der Waals surface area contributed by atoms with Gasteiger partial charge in [-0.3, -0.25) is 4.79 Å². The lowest BCUT2D eigenvalue weighted by molar-refractivity contribution is -0.122. The Morgan fingerprint density at radius 1 is 1.16 bits per heavy atom. The molecule has 1 amide bonds. The molecule has 0 aliphatic heterocycles. The summed E-state index contributed by atoms with van der Waals surface area (Å²) in [6.07, 6.45) is 4.48. The number of methoxy groups -OCH3 is 2. The van der Waals surface area contributed by atoms with Crippen molar-refractivity contribution >= 4 is 5.91 Å². The summed E-state index contributed by atoms with van der Waals surface area (Å²) in [6, 6.07) is 5.36. The topological polar surface area (TPSA) is 91.2 Å². The van der Waals surface area contributed by atoms with Gasteiger partial charge in [0.15, 0.2) is 11.5 Å². The summed E-state index contributed by atoms with van der Waals surface area (Å²) < 4.78 is 10.5. The van der Waals surface area contributed by atoms with E-state index < -0.39 is 0 Å². The van der Waals surface area contributed by atoms with Crippen molar-refractivity contribution in [2.45, 2.75) is 39.2 Å². The van der Waals surface area contributed by atoms with Gasteiger partial charge in [0, 0.05) is 12.1 Å². The molecule has 1 heterocycles. The molecule has 0 saturated heterocycles. The summed E-state index contributed by atoms with van der Waals surface area (Å²) in [5, 5.41) is 15.0. The number of aromatic nitrogens is 4. The molecule has 8 nitrogen and oxygen atoms in total. The maximum atomic E-state index is 11.9. The molecular formula is C17H25N5O3. The van der Waals surface area contributed by atoms with Gasteiger partial charge < -0.3 is 14.8 Å². The first-order valence-electron chi connectivity index (χ1n) is 8.44. The average molecular weight is 347 g/mol. The van der Waals surface area contributed by atoms with E-state index in [2.05, 4.69) is 27.7 Å². The van der Waals surface area contributed by atoms with Gasteiger partial charge in [-0.2, -0.15) is 4.80 Å². The van der Waals surface area contributed by atoms with Gasteiger partial charge >= 0.3 is 0 Å². The van der Waals surface area contributed by atoms with Crippen molar-refractivity contribution in [2.75, 3.05) is 20.8 Å². The Hall–Kier alpha value is -2.64. The minimum Gasteiger partial charge on any atom is -0.493 e. The van der Waals surface area contributed by atoms with E-state index in [4.69, 9.17) is 9.47 Å². The molecule has 0 fully saturated rings. The molecule has 0 aliphatic carbocycles. The van der Waals surface area contributed by atoms with Crippen molar-refractivity contribution in [3.63, 3.8) is 0 Å². The highest BCUT2D eigenvalue weighted by molar-refractivity contribution is 5.75. The minimum atomic E-state index is -0.118. The molecule has 0 spiro atoms. The number of rotatable bonds is 10. The van der Waals surface area contributed by atoms with Gasteiger partial charge in [0.05, 0.1) is 14.2 Å². The second-order valence-corrected chi connectivity index (χ2v) is 5.62. The molecule has 0 atom stereocenters. The van der Waals surface area contributed by atoms with E-state index in [0.717, 1.165) is 18.4 Å². The Morgan fingerprint density at radius 3 is 2.68 bits per heavy atom. The predicted octanol–water partition coefficient (Wildman–Crippen LogP) is 2.05. The number of tetrazole rings is 1. The van der Waals surface area contributed by atoms with Crippen LogP contribution in [0.25, 0.3) is 11.4 Å². The van der Waals surface area contributed by atoms with Crippen LogP contribution in [0.2, 0.25) is 0 Å². The number of nitrogens with zero attached hydrogens (tertiary/aromatic N) is 4. The fourth-order valence-corrected chi connectivity index (χ4v) is 2.37. The lowest BCUT2D eigenvalue weighted by atomic mass is 10.2. The number of unbranched alkanes of at least 4 members (excludes halogenated alkanes) is 3. The Bertz CT molecular complexity index is 687. The Morgan fingerprint density at radius 2 is 1.96 bits per heavy atom. The first-order chi connectivity index (χ1) is 12.2. The summed E-state index contributed by atoms with van der Waals surface area (Å²) in [6.45, 7) is 2.88. The van der Waals surface area contributed by atoms with Crippen molar-refractivity contribution in [3.8, 4) is 22.9 Å². The van der Waals surface area contributed by atoms with Gasteiger partial charge in [0.2, 0.25) is 11.7 Å². The zero-order valence-electron chi connectivity index (χ0n) is 15.0. The first-order valence-corrected chi connectivity index (χ1v) is 8.44. The SMILES string of the molecule is CCCCCCNC(=O)Cn1nnc(-c2ccc(OC)c(OC)c2)n1. The van der Waals surface area contributed by atoms with Crippen LogP contribution < -0.4 is 14.8 Å². The summed E-state index contributed by atoms with van der Waals surface area (Å²) in [5.41, 5.74) is 0.740. The zero-order chi connectivity index (χ0) is 18.1. The molecule has 0 aliphatic rings. The predicted molar refractivity (Wildman–Crippen MR) is 93.5 cm³/mol. The van der Waals surface area contributed by atoms with E-state index in [-0.39, 0.29) is 12.5 Å². The van der Waals surface area contributed by atoms with Gasteiger partial charge in [-0.15, -0.1) is 10.2 Å². The molecular weight excluding hydrogens is 322 g/mol. The number of hydrogen-bond donors (Lipinski definition) is 1. The van der Waals surface area contributed by atoms with Crippen molar-refractivity contribution in [2.24, 2.45) is 0 Å². The number of amides is 1. The molecule has 8 heteroatoms. The first kappa shape index (κ1) is 18.7. The summed E-state index contributed by atoms with van der Waals surface area (Å²) >= 11 is 0. The van der Waals surface area contributed by atoms with Gasteiger partial charge in [-0.1, -0.05) is 26.2 Å². The van der Waals surface area contributed by atoms with Crippen molar-refractivity contribution < 1.29 is 14.3 Å². The molecule has 2 aromatic rings. The van der Waals surface area contributed by atoms with Gasteiger partial charge in [-0.25, -0.2) is 0 Å². The number of ether oxygens (including phenoxy) is 2. The lowest BCUT2D eigenvalue weighted by Gasteiger charge is -2.07. The van der Waals surface area contributed by atoms with E-state index in [1.807, 2.05) is 6.07 Å². The maximum absolute atomic E-state index is 11.9. The number of carbonyl (C=O) groups is 1. The van der Waals surface area contributed by atoms with E-state index in [0.29, 0.717) is 23.9 Å². The largest absolute Gasteiger partial charge is 0.493 e. The quantitative estimate of drug-likeness (QED) is 0.662. The van der Waals surface area contributed by atoms with Crippen molar-refractivity contribution in [1.29, 1.82) is 0 Å². The van der Waals surface area contributed by atoms with Crippen LogP contribution in [0.5, 0.6) is 11.5 Å². The standard InChI is InChI=1S/C17H25N5O3/c1-4-5-6-7-10-18-16(23)12-22-20-17(19-21-22)13-8-9-14(24-2)15(11-13)25-3/h8-9,11H,4-7,10,12H2,1-3H3,(H,18,23). The summed E-state index contributed by atoms with van der Waals surface area (Å²) in [5.74, 6) is 1.52. The Kier molecular flexibility index (Phi) is 7.18. The van der Waals surface area contributed by atoms with Crippen LogP contribution in [0, 0.1) is 0 Å². The second kappa shape index (κ2) is 9.61. The number of carbonyl (C=O) groups excluding carboxylic acids is 1. The van der Waals surface area contributed by atoms with E-state index in [1.54, 1.807) is 26.4 Å². The Balaban J connectivity index is 1.92. The molecule has 0 saturated carbocycles. The van der Waals surface area contributed by atoms with Crippen molar-refractivity contribution in [3.05, 3.63) is 18.2 Å². The van der Waals surface area contributed by atoms with Gasteiger partial charge in [0.25, 0.3) is 0 Å². The van der Waals surface area contributed by atoms with Crippen molar-refractivity contribution in [1.82, 2.24) is 25.5 Å². The second-order valence-electron chi connectivity index (χ2n) is 5.62. The van der Waals surface area contributed by atoms with Crippen LogP contribution in [-0.2, 0) is 11.3 Å². The third-order valence-corrected chi connectivity index (χ3v) is 3.73. The number of hydrogen-bond acceptors (Lipinski definition) is 6. The van der Waals surface area contributed by atoms with E-state index in [9.17, 15) is 4.79 Å². The third-order valence-electron chi connectivity index (χ3n) is 3.73. The molecule has 1 N–H and O–H groups in total. The van der Waals surface area contributed by atoms with Crippen LogP contribution in [0.3, 0.4) is 0 Å². The summed E-state index contributed by atoms with van der Waals surface area (Å²) in [4.78, 5) is 13.2. The zero-order valence-corrected chi connectivity index (χ0v) is 15.0. The third kappa shape index (κ3) is 5.44. The lowest BCUT2D eigenvalue weighted by Crippen LogP contribution is -2.29. The molecule has 0 radical (unpaired) electrons. The van der Waals surface area contributed by atoms with Crippen LogP contribution in [-0.4, -0.2) is 46.9 Å². The monoisotopic (exact) mass is 347 g/mol. The van der Waals surface area contributed by atoms with E-state index >= 15 is 0 Å². The average Bonchev–Trinajstić information content (AvgIpc) is 3.09. The molecule has 0 bridgehead atoms. The molecule has 1 aromatic heterocycles. The molecule has 0 unspecified atom stereocenters. The van der Waals surface area contributed by atoms with Crippen LogP contribution >= 0.6 is 0 Å². The van der Waals surface area contributed by atoms with E-state index in [1.165, 1.54) is 17.6 Å². The smallest absolute Gasteiger partial charge is 0.243 e. The summed E-state index contributed by atoms with van der Waals surface area (Å²) in [7, 11) is 3.14. The fourth-order valence-electron chi connectivity index (χ4n) is 2.37. The number of nitrogens with one attached hydrogen (secondary N) is 1. The highest BCUT2D eigenvalue weighted by Crippen LogP contribution is 2.30. The maximum Gasteiger partial charge on any atom is 0.243 e. The molecule has 25 heavy (non-hydrogen) atoms. The highest BCUT2D eigenvalue weighted by Gasteiger charge is 2.12. The molecule has 1 aromatic carbocycles. The normalized spacial score (nSPS) is 10.5. The number of benzene rings is 1. The van der Waals surface area contributed by atoms with Crippen LogP contribution in [0.15, 0.2) is 18.2 Å². The van der Waals surface area contributed by atoms with Gasteiger partial charge in [0.1, 0.15) is 6.54 Å². The molecule has 2 rings (SSSR count). The molecule has 136 valence electrons. The fraction of sp³-hybridized carbons (Fsp3) is 0.529. The minimum absolute atomic E-state index is 0.0497. The Labute approximate surface area is 147 Å². The van der Waals surface area contributed by atoms with Crippen LogP contribution in [0.1, 0.15) is 32.6 Å². The van der Waals surface area contributed by atoms with Gasteiger partial charge in [-0.05, 0) is 29.8 Å². The van der Waals surface area contributed by atoms with Crippen LogP contribution in [0.4, 0.5) is 0 Å².